The van der Waals surface area contributed by atoms with Crippen molar-refractivity contribution >= 4 is 17.2 Å². The van der Waals surface area contributed by atoms with Gasteiger partial charge in [0.15, 0.2) is 11.5 Å². The zero-order chi connectivity index (χ0) is 16.8. The molecule has 130 valence electrons. The minimum absolute atomic E-state index is 0.497. The quantitative estimate of drug-likeness (QED) is 0.720. The average Bonchev–Trinajstić information content (AvgIpc) is 2.52. The van der Waals surface area contributed by atoms with Crippen LogP contribution in [0.15, 0.2) is 24.3 Å². The van der Waals surface area contributed by atoms with Crippen molar-refractivity contribution in [2.75, 3.05) is 52.9 Å². The number of benzene rings is 1. The van der Waals surface area contributed by atoms with Gasteiger partial charge >= 0.3 is 0 Å². The zero-order valence-electron chi connectivity index (χ0n) is 13.5. The molecule has 1 aliphatic rings. The molecule has 0 aromatic heterocycles. The van der Waals surface area contributed by atoms with Gasteiger partial charge in [-0.05, 0) is 19.1 Å². The van der Waals surface area contributed by atoms with Crippen molar-refractivity contribution in [1.82, 2.24) is 0 Å². The Kier molecular flexibility index (Phi) is 11.2. The van der Waals surface area contributed by atoms with E-state index in [2.05, 4.69) is 12.2 Å². The molecule has 0 spiro atoms. The maximum absolute atomic E-state index is 5.63. The van der Waals surface area contributed by atoms with Gasteiger partial charge in [0, 0.05) is 0 Å². The number of hydrogen-bond acceptors (Lipinski definition) is 6. The van der Waals surface area contributed by atoms with Crippen LogP contribution >= 0.6 is 12.2 Å². The normalized spacial score (nSPS) is 16.9. The second-order valence-electron chi connectivity index (χ2n) is 4.59. The molecular formula is C16H25NO5S. The van der Waals surface area contributed by atoms with Crippen molar-refractivity contribution < 1.29 is 23.7 Å². The molecule has 1 aliphatic heterocycles. The second kappa shape index (κ2) is 13.1. The van der Waals surface area contributed by atoms with Crippen LogP contribution in [-0.4, -0.2) is 57.8 Å². The summed E-state index contributed by atoms with van der Waals surface area (Å²) in [4.78, 5) is 0.500. The average molecular weight is 343 g/mol. The second-order valence-corrected chi connectivity index (χ2v) is 5.24. The predicted molar refractivity (Wildman–Crippen MR) is 92.3 cm³/mol. The predicted octanol–water partition coefficient (Wildman–Crippen LogP) is 1.80. The first-order valence-corrected chi connectivity index (χ1v) is 7.95. The topological polar surface area (TPSA) is 72.2 Å². The first-order chi connectivity index (χ1) is 11.2. The van der Waals surface area contributed by atoms with Gasteiger partial charge < -0.3 is 29.4 Å². The smallest absolute Gasteiger partial charge is 0.161 e. The molecule has 1 aromatic rings. The Bertz CT molecular complexity index is 407. The fourth-order valence-corrected chi connectivity index (χ4v) is 1.65. The molecule has 1 aromatic carbocycles. The van der Waals surface area contributed by atoms with Crippen LogP contribution in [0.25, 0.3) is 0 Å². The molecule has 6 nitrogen and oxygen atoms in total. The fraction of sp³-hybridized carbons (Fsp3) is 0.562. The summed E-state index contributed by atoms with van der Waals surface area (Å²) in [5, 5.41) is 0. The largest absolute Gasteiger partial charge is 0.487 e. The van der Waals surface area contributed by atoms with Crippen molar-refractivity contribution in [3.8, 4) is 11.5 Å². The highest BCUT2D eigenvalue weighted by Gasteiger charge is 2.04. The van der Waals surface area contributed by atoms with Gasteiger partial charge in [-0.2, -0.15) is 0 Å². The minimum atomic E-state index is 0.497. The summed E-state index contributed by atoms with van der Waals surface area (Å²) < 4.78 is 27.4. The molecule has 23 heavy (non-hydrogen) atoms. The van der Waals surface area contributed by atoms with Crippen LogP contribution in [0.1, 0.15) is 6.92 Å². The van der Waals surface area contributed by atoms with E-state index in [0.717, 1.165) is 11.5 Å². The van der Waals surface area contributed by atoms with Crippen LogP contribution < -0.4 is 15.2 Å². The summed E-state index contributed by atoms with van der Waals surface area (Å²) in [6.07, 6.45) is 0. The van der Waals surface area contributed by atoms with Crippen molar-refractivity contribution in [1.29, 1.82) is 0 Å². The van der Waals surface area contributed by atoms with E-state index < -0.39 is 0 Å². The maximum Gasteiger partial charge on any atom is 0.161 e. The summed E-state index contributed by atoms with van der Waals surface area (Å²) in [7, 11) is 0. The van der Waals surface area contributed by atoms with Crippen molar-refractivity contribution in [3.63, 3.8) is 0 Å². The number of rotatable bonds is 0. The Hall–Kier alpha value is -1.41. The Labute approximate surface area is 142 Å². The summed E-state index contributed by atoms with van der Waals surface area (Å²) in [5.41, 5.74) is 4.84. The zero-order valence-corrected chi connectivity index (χ0v) is 14.3. The fourth-order valence-electron chi connectivity index (χ4n) is 1.65. The van der Waals surface area contributed by atoms with Crippen molar-refractivity contribution in [2.45, 2.75) is 6.92 Å². The molecular weight excluding hydrogens is 318 g/mol. The Balaban J connectivity index is 0.000000593. The van der Waals surface area contributed by atoms with Crippen LogP contribution in [0.5, 0.6) is 11.5 Å². The van der Waals surface area contributed by atoms with Crippen LogP contribution in [0, 0.1) is 0 Å². The Morgan fingerprint density at radius 2 is 1.09 bits per heavy atom. The van der Waals surface area contributed by atoms with Gasteiger partial charge in [-0.1, -0.05) is 24.4 Å². The lowest BCUT2D eigenvalue weighted by Gasteiger charge is -2.12. The first-order valence-electron chi connectivity index (χ1n) is 7.54. The van der Waals surface area contributed by atoms with E-state index in [1.54, 1.807) is 6.92 Å². The molecule has 0 radical (unpaired) electrons. The summed E-state index contributed by atoms with van der Waals surface area (Å²) >= 11 is 4.31. The third-order valence-electron chi connectivity index (χ3n) is 2.56. The first kappa shape index (κ1) is 19.6. The van der Waals surface area contributed by atoms with Gasteiger partial charge in [-0.15, -0.1) is 0 Å². The van der Waals surface area contributed by atoms with Crippen LogP contribution in [-0.2, 0) is 14.2 Å². The SMILES string of the molecule is CC(N)=S.c1ccc2c(c1)OCCOCCOCCOCCO2. The lowest BCUT2D eigenvalue weighted by atomic mass is 10.3. The standard InChI is InChI=1S/C14H20O5.C2H5NS/c1-2-4-14-13(3-1)18-11-9-16-7-5-15-6-8-17-10-12-19-14;1-2(3)4/h1-4H,5-12H2;1H3,(H2,3,4). The van der Waals surface area contributed by atoms with E-state index in [-0.39, 0.29) is 0 Å². The molecule has 0 saturated carbocycles. The highest BCUT2D eigenvalue weighted by Crippen LogP contribution is 2.26. The highest BCUT2D eigenvalue weighted by molar-refractivity contribution is 7.80. The minimum Gasteiger partial charge on any atom is -0.487 e. The number of hydrogen-bond donors (Lipinski definition) is 1. The lowest BCUT2D eigenvalue weighted by molar-refractivity contribution is 0.00708. The monoisotopic (exact) mass is 343 g/mol. The molecule has 0 unspecified atom stereocenters. The number of ether oxygens (including phenoxy) is 5. The number of thiocarbonyl (C=S) groups is 1. The van der Waals surface area contributed by atoms with E-state index in [1.165, 1.54) is 0 Å². The number of para-hydroxylation sites is 2. The van der Waals surface area contributed by atoms with Crippen molar-refractivity contribution in [2.24, 2.45) is 5.73 Å². The van der Waals surface area contributed by atoms with Crippen molar-refractivity contribution in [3.05, 3.63) is 24.3 Å². The number of fused-ring (bicyclic) bond motifs is 1. The van der Waals surface area contributed by atoms with Gasteiger partial charge in [0.1, 0.15) is 13.2 Å². The summed E-state index contributed by atoms with van der Waals surface area (Å²) in [5.74, 6) is 1.47. The molecule has 0 saturated heterocycles. The summed E-state index contributed by atoms with van der Waals surface area (Å²) in [6.45, 7) is 6.04. The van der Waals surface area contributed by atoms with Gasteiger partial charge in [-0.25, -0.2) is 0 Å². The van der Waals surface area contributed by atoms with Crippen LogP contribution in [0.4, 0.5) is 0 Å². The lowest BCUT2D eigenvalue weighted by Crippen LogP contribution is -2.13. The van der Waals surface area contributed by atoms with E-state index in [9.17, 15) is 0 Å². The van der Waals surface area contributed by atoms with Gasteiger partial charge in [-0.3, -0.25) is 0 Å². The van der Waals surface area contributed by atoms with Crippen LogP contribution in [0.3, 0.4) is 0 Å². The molecule has 2 N–H and O–H groups in total. The van der Waals surface area contributed by atoms with E-state index >= 15 is 0 Å². The van der Waals surface area contributed by atoms with E-state index in [1.807, 2.05) is 24.3 Å². The molecule has 2 rings (SSSR count). The Morgan fingerprint density at radius 3 is 1.43 bits per heavy atom. The Morgan fingerprint density at radius 1 is 0.783 bits per heavy atom. The molecule has 0 bridgehead atoms. The third-order valence-corrected chi connectivity index (χ3v) is 2.56. The molecule has 1 heterocycles. The molecule has 0 fully saturated rings. The van der Waals surface area contributed by atoms with Gasteiger partial charge in [0.05, 0.1) is 44.6 Å². The molecule has 0 amide bonds. The number of nitrogens with two attached hydrogens (primary N) is 1. The third kappa shape index (κ3) is 10.9. The maximum atomic E-state index is 5.63. The van der Waals surface area contributed by atoms with E-state index in [4.69, 9.17) is 29.4 Å². The van der Waals surface area contributed by atoms with Gasteiger partial charge in [0.25, 0.3) is 0 Å². The van der Waals surface area contributed by atoms with Gasteiger partial charge in [0.2, 0.25) is 0 Å². The van der Waals surface area contributed by atoms with E-state index in [0.29, 0.717) is 57.8 Å². The highest BCUT2D eigenvalue weighted by atomic mass is 32.1. The summed E-state index contributed by atoms with van der Waals surface area (Å²) in [6, 6.07) is 7.61. The molecule has 0 aliphatic carbocycles. The molecule has 7 heteroatoms. The van der Waals surface area contributed by atoms with Crippen LogP contribution in [0.2, 0.25) is 0 Å². The molecule has 0 atom stereocenters.